The summed E-state index contributed by atoms with van der Waals surface area (Å²) in [5.41, 5.74) is 3.92. The van der Waals surface area contributed by atoms with Crippen molar-refractivity contribution in [2.75, 3.05) is 33.2 Å². The minimum atomic E-state index is -0.00105. The van der Waals surface area contributed by atoms with Crippen LogP contribution in [0.15, 0.2) is 42.5 Å². The van der Waals surface area contributed by atoms with E-state index in [0.29, 0.717) is 12.1 Å². The van der Waals surface area contributed by atoms with Gasteiger partial charge < -0.3 is 14.5 Å². The lowest BCUT2D eigenvalue weighted by Crippen LogP contribution is -2.26. The van der Waals surface area contributed by atoms with E-state index in [1.54, 1.807) is 12.0 Å². The molecule has 0 aromatic heterocycles. The van der Waals surface area contributed by atoms with Crippen LogP contribution >= 0.6 is 0 Å². The van der Waals surface area contributed by atoms with E-state index >= 15 is 0 Å². The third kappa shape index (κ3) is 4.03. The van der Waals surface area contributed by atoms with Crippen LogP contribution in [0.3, 0.4) is 0 Å². The average Bonchev–Trinajstić information content (AvgIpc) is 2.54. The molecule has 1 amide bonds. The highest BCUT2D eigenvalue weighted by atomic mass is 16.5. The van der Waals surface area contributed by atoms with E-state index in [4.69, 9.17) is 4.74 Å². The first kappa shape index (κ1) is 16.9. The van der Waals surface area contributed by atoms with Crippen molar-refractivity contribution in [3.8, 4) is 5.75 Å². The first-order chi connectivity index (χ1) is 10.9. The SMILES string of the molecule is COc1ccc(C)cc1CN(C)C(=O)c1ccc(N(C)C)cc1. The molecule has 4 nitrogen and oxygen atoms in total. The number of methoxy groups -OCH3 is 1. The lowest BCUT2D eigenvalue weighted by Gasteiger charge is -2.20. The Hall–Kier alpha value is -2.49. The first-order valence-corrected chi connectivity index (χ1v) is 7.58. The summed E-state index contributed by atoms with van der Waals surface area (Å²) in [5.74, 6) is 0.803. The lowest BCUT2D eigenvalue weighted by atomic mass is 10.1. The normalized spacial score (nSPS) is 10.3. The molecule has 0 saturated carbocycles. The number of rotatable bonds is 5. The van der Waals surface area contributed by atoms with Gasteiger partial charge in [0.15, 0.2) is 0 Å². The number of aryl methyl sites for hydroxylation is 1. The number of ether oxygens (including phenoxy) is 1. The van der Waals surface area contributed by atoms with Crippen LogP contribution in [0, 0.1) is 6.92 Å². The second-order valence-electron chi connectivity index (χ2n) is 5.92. The number of amides is 1. The van der Waals surface area contributed by atoms with Crippen molar-refractivity contribution >= 4 is 11.6 Å². The maximum atomic E-state index is 12.6. The van der Waals surface area contributed by atoms with E-state index in [0.717, 1.165) is 22.6 Å². The summed E-state index contributed by atoms with van der Waals surface area (Å²) >= 11 is 0. The van der Waals surface area contributed by atoms with Gasteiger partial charge in [0.1, 0.15) is 5.75 Å². The first-order valence-electron chi connectivity index (χ1n) is 7.58. The van der Waals surface area contributed by atoms with Crippen LogP contribution in [-0.2, 0) is 6.54 Å². The van der Waals surface area contributed by atoms with Crippen LogP contribution in [0.2, 0.25) is 0 Å². The molecule has 4 heteroatoms. The number of carbonyl (C=O) groups excluding carboxylic acids is 1. The third-order valence-electron chi connectivity index (χ3n) is 3.82. The fraction of sp³-hybridized carbons (Fsp3) is 0.316. The predicted molar refractivity (Wildman–Crippen MR) is 94.3 cm³/mol. The smallest absolute Gasteiger partial charge is 0.253 e. The van der Waals surface area contributed by atoms with Gasteiger partial charge in [-0.05, 0) is 37.3 Å². The van der Waals surface area contributed by atoms with Gasteiger partial charge in [0.05, 0.1) is 7.11 Å². The monoisotopic (exact) mass is 312 g/mol. The molecule has 0 heterocycles. The van der Waals surface area contributed by atoms with Gasteiger partial charge in [0, 0.05) is 44.5 Å². The Bertz CT molecular complexity index is 678. The highest BCUT2D eigenvalue weighted by molar-refractivity contribution is 5.94. The average molecular weight is 312 g/mol. The summed E-state index contributed by atoms with van der Waals surface area (Å²) < 4.78 is 5.39. The van der Waals surface area contributed by atoms with Gasteiger partial charge in [-0.1, -0.05) is 17.7 Å². The van der Waals surface area contributed by atoms with Crippen molar-refractivity contribution in [3.05, 3.63) is 59.2 Å². The Balaban J connectivity index is 2.15. The van der Waals surface area contributed by atoms with Crippen LogP contribution in [0.5, 0.6) is 5.75 Å². The number of benzene rings is 2. The summed E-state index contributed by atoms with van der Waals surface area (Å²) in [4.78, 5) is 16.3. The molecule has 2 rings (SSSR count). The maximum Gasteiger partial charge on any atom is 0.253 e. The van der Waals surface area contributed by atoms with Crippen LogP contribution in [0.4, 0.5) is 5.69 Å². The molecule has 0 N–H and O–H groups in total. The molecule has 2 aromatic rings. The third-order valence-corrected chi connectivity index (χ3v) is 3.82. The molecule has 0 radical (unpaired) electrons. The van der Waals surface area contributed by atoms with Crippen molar-refractivity contribution in [3.63, 3.8) is 0 Å². The minimum absolute atomic E-state index is 0.00105. The highest BCUT2D eigenvalue weighted by Gasteiger charge is 2.14. The van der Waals surface area contributed by atoms with Crippen molar-refractivity contribution in [1.82, 2.24) is 4.90 Å². The van der Waals surface area contributed by atoms with Gasteiger partial charge in [-0.2, -0.15) is 0 Å². The molecule has 2 aromatic carbocycles. The van der Waals surface area contributed by atoms with Crippen molar-refractivity contribution in [2.24, 2.45) is 0 Å². The molecular formula is C19H24N2O2. The van der Waals surface area contributed by atoms with E-state index in [1.807, 2.05) is 69.4 Å². The Kier molecular flexibility index (Phi) is 5.27. The van der Waals surface area contributed by atoms with Crippen LogP contribution in [0.1, 0.15) is 21.5 Å². The van der Waals surface area contributed by atoms with E-state index in [-0.39, 0.29) is 5.91 Å². The van der Waals surface area contributed by atoms with Gasteiger partial charge in [-0.15, -0.1) is 0 Å². The molecule has 0 aliphatic carbocycles. The predicted octanol–water partition coefficient (Wildman–Crippen LogP) is 3.34. The molecule has 0 aliphatic rings. The van der Waals surface area contributed by atoms with Gasteiger partial charge in [0.2, 0.25) is 0 Å². The molecule has 23 heavy (non-hydrogen) atoms. The molecule has 0 saturated heterocycles. The Morgan fingerprint density at radius 1 is 1.04 bits per heavy atom. The van der Waals surface area contributed by atoms with Crippen molar-refractivity contribution in [1.29, 1.82) is 0 Å². The van der Waals surface area contributed by atoms with E-state index in [1.165, 1.54) is 0 Å². The summed E-state index contributed by atoms with van der Waals surface area (Å²) in [6.45, 7) is 2.55. The van der Waals surface area contributed by atoms with Crippen LogP contribution in [-0.4, -0.2) is 39.1 Å². The van der Waals surface area contributed by atoms with Crippen molar-refractivity contribution < 1.29 is 9.53 Å². The lowest BCUT2D eigenvalue weighted by molar-refractivity contribution is 0.0784. The van der Waals surface area contributed by atoms with Gasteiger partial charge >= 0.3 is 0 Å². The zero-order valence-electron chi connectivity index (χ0n) is 14.5. The minimum Gasteiger partial charge on any atom is -0.496 e. The zero-order valence-corrected chi connectivity index (χ0v) is 14.5. The van der Waals surface area contributed by atoms with E-state index < -0.39 is 0 Å². The topological polar surface area (TPSA) is 32.8 Å². The molecule has 0 unspecified atom stereocenters. The standard InChI is InChI=1S/C19H24N2O2/c1-14-6-11-18(23-5)16(12-14)13-21(4)19(22)15-7-9-17(10-8-15)20(2)3/h6-12H,13H2,1-5H3. The second kappa shape index (κ2) is 7.18. The summed E-state index contributed by atoms with van der Waals surface area (Å²) in [6.07, 6.45) is 0. The Labute approximate surface area is 138 Å². The van der Waals surface area contributed by atoms with Gasteiger partial charge in [-0.3, -0.25) is 4.79 Å². The second-order valence-corrected chi connectivity index (χ2v) is 5.92. The molecule has 0 aliphatic heterocycles. The van der Waals surface area contributed by atoms with E-state index in [9.17, 15) is 4.79 Å². The number of nitrogens with zero attached hydrogens (tertiary/aromatic N) is 2. The Morgan fingerprint density at radius 2 is 1.70 bits per heavy atom. The van der Waals surface area contributed by atoms with Crippen LogP contribution in [0.25, 0.3) is 0 Å². The number of anilines is 1. The summed E-state index contributed by atoms with van der Waals surface area (Å²) in [5, 5.41) is 0. The van der Waals surface area contributed by atoms with Crippen LogP contribution < -0.4 is 9.64 Å². The van der Waals surface area contributed by atoms with Crippen molar-refractivity contribution in [2.45, 2.75) is 13.5 Å². The summed E-state index contributed by atoms with van der Waals surface area (Å²) in [7, 11) is 7.42. The molecule has 0 spiro atoms. The molecule has 0 atom stereocenters. The Morgan fingerprint density at radius 3 is 2.26 bits per heavy atom. The molecule has 0 fully saturated rings. The van der Waals surface area contributed by atoms with Gasteiger partial charge in [0.25, 0.3) is 5.91 Å². The quantitative estimate of drug-likeness (QED) is 0.849. The maximum absolute atomic E-state index is 12.6. The molecule has 0 bridgehead atoms. The van der Waals surface area contributed by atoms with Gasteiger partial charge in [-0.25, -0.2) is 0 Å². The molecular weight excluding hydrogens is 288 g/mol. The number of carbonyl (C=O) groups is 1. The highest BCUT2D eigenvalue weighted by Crippen LogP contribution is 2.22. The zero-order chi connectivity index (χ0) is 17.0. The summed E-state index contributed by atoms with van der Waals surface area (Å²) in [6, 6.07) is 13.6. The fourth-order valence-corrected chi connectivity index (χ4v) is 2.48. The fourth-order valence-electron chi connectivity index (χ4n) is 2.48. The number of hydrogen-bond acceptors (Lipinski definition) is 3. The number of hydrogen-bond donors (Lipinski definition) is 0. The van der Waals surface area contributed by atoms with E-state index in [2.05, 4.69) is 6.07 Å². The molecule has 122 valence electrons. The largest absolute Gasteiger partial charge is 0.496 e.